The molecule has 1 fully saturated rings. The molecule has 1 aliphatic heterocycles. The fourth-order valence-electron chi connectivity index (χ4n) is 3.53. The lowest BCUT2D eigenvalue weighted by Crippen LogP contribution is -2.30. The van der Waals surface area contributed by atoms with Gasteiger partial charge in [-0.1, -0.05) is 23.8 Å². The van der Waals surface area contributed by atoms with Crippen LogP contribution in [0.25, 0.3) is 0 Å². The van der Waals surface area contributed by atoms with Crippen molar-refractivity contribution in [1.29, 1.82) is 0 Å². The first-order valence-electron chi connectivity index (χ1n) is 8.44. The highest BCUT2D eigenvalue weighted by Crippen LogP contribution is 2.40. The lowest BCUT2D eigenvalue weighted by atomic mass is 9.82. The number of thiophene rings is 1. The van der Waals surface area contributed by atoms with E-state index in [0.29, 0.717) is 29.2 Å². The van der Waals surface area contributed by atoms with Crippen LogP contribution in [0.5, 0.6) is 5.75 Å². The van der Waals surface area contributed by atoms with Gasteiger partial charge in [-0.2, -0.15) is 0 Å². The lowest BCUT2D eigenvalue weighted by Gasteiger charge is -2.18. The Morgan fingerprint density at radius 1 is 1.15 bits per heavy atom. The molecule has 1 aromatic carbocycles. The largest absolute Gasteiger partial charge is 0.422 e. The van der Waals surface area contributed by atoms with Crippen molar-refractivity contribution in [2.24, 2.45) is 11.8 Å². The van der Waals surface area contributed by atoms with Gasteiger partial charge in [0.15, 0.2) is 0 Å². The molecule has 0 spiro atoms. The van der Waals surface area contributed by atoms with Crippen LogP contribution in [0.3, 0.4) is 0 Å². The second kappa shape index (κ2) is 6.53. The summed E-state index contributed by atoms with van der Waals surface area (Å²) in [6.07, 6.45) is 3.26. The summed E-state index contributed by atoms with van der Waals surface area (Å²) in [5.74, 6) is -1.07. The molecule has 2 heterocycles. The van der Waals surface area contributed by atoms with Crippen LogP contribution in [0.1, 0.15) is 29.4 Å². The fourth-order valence-corrected chi connectivity index (χ4v) is 4.13. The van der Waals surface area contributed by atoms with E-state index >= 15 is 0 Å². The highest BCUT2D eigenvalue weighted by Gasteiger charge is 2.48. The number of carbonyl (C=O) groups excluding carboxylic acids is 3. The van der Waals surface area contributed by atoms with Crippen molar-refractivity contribution < 1.29 is 19.1 Å². The van der Waals surface area contributed by atoms with Crippen molar-refractivity contribution in [2.45, 2.75) is 19.8 Å². The summed E-state index contributed by atoms with van der Waals surface area (Å²) in [7, 11) is 0. The number of hydrogen-bond donors (Lipinski definition) is 0. The summed E-state index contributed by atoms with van der Waals surface area (Å²) in [5.41, 5.74) is 1.59. The van der Waals surface area contributed by atoms with Gasteiger partial charge in [0.2, 0.25) is 11.8 Å². The van der Waals surface area contributed by atoms with E-state index in [-0.39, 0.29) is 23.7 Å². The van der Waals surface area contributed by atoms with Crippen molar-refractivity contribution in [2.75, 3.05) is 4.90 Å². The van der Waals surface area contributed by atoms with Crippen molar-refractivity contribution in [3.63, 3.8) is 0 Å². The summed E-state index contributed by atoms with van der Waals surface area (Å²) >= 11 is 1.30. The fraction of sp³-hybridized carbons (Fsp3) is 0.250. The van der Waals surface area contributed by atoms with E-state index in [1.165, 1.54) is 16.2 Å². The normalized spacial score (nSPS) is 22.2. The van der Waals surface area contributed by atoms with Gasteiger partial charge in [0, 0.05) is 6.07 Å². The van der Waals surface area contributed by atoms with Gasteiger partial charge in [0.05, 0.1) is 17.5 Å². The zero-order valence-corrected chi connectivity index (χ0v) is 15.0. The van der Waals surface area contributed by atoms with Crippen LogP contribution in [0.2, 0.25) is 0 Å². The molecule has 0 saturated carbocycles. The number of allylic oxidation sites excluding steroid dienone is 2. The van der Waals surface area contributed by atoms with Gasteiger partial charge in [-0.3, -0.25) is 9.59 Å². The quantitative estimate of drug-likeness (QED) is 0.358. The van der Waals surface area contributed by atoms with Crippen LogP contribution in [0.4, 0.5) is 5.69 Å². The van der Waals surface area contributed by atoms with Crippen LogP contribution in [-0.4, -0.2) is 17.8 Å². The van der Waals surface area contributed by atoms with Crippen LogP contribution in [0.15, 0.2) is 53.4 Å². The number of fused-ring (bicyclic) bond motifs is 1. The molecule has 0 bridgehead atoms. The molecule has 2 aromatic rings. The molecule has 6 heteroatoms. The third kappa shape index (κ3) is 2.86. The number of anilines is 1. The summed E-state index contributed by atoms with van der Waals surface area (Å²) in [4.78, 5) is 39.4. The number of hydrogen-bond acceptors (Lipinski definition) is 5. The first kappa shape index (κ1) is 16.7. The van der Waals surface area contributed by atoms with Crippen LogP contribution < -0.4 is 9.64 Å². The molecule has 1 aliphatic carbocycles. The summed E-state index contributed by atoms with van der Waals surface area (Å²) in [6, 6.07) is 10.0. The molecule has 132 valence electrons. The number of esters is 1. The average Bonchev–Trinajstić information content (AvgIpc) is 3.23. The number of benzene rings is 1. The first-order valence-corrected chi connectivity index (χ1v) is 9.32. The van der Waals surface area contributed by atoms with Crippen molar-refractivity contribution in [1.82, 2.24) is 0 Å². The monoisotopic (exact) mass is 367 g/mol. The molecule has 26 heavy (non-hydrogen) atoms. The van der Waals surface area contributed by atoms with E-state index in [1.807, 2.05) is 13.0 Å². The lowest BCUT2D eigenvalue weighted by molar-refractivity contribution is -0.122. The molecule has 4 rings (SSSR count). The van der Waals surface area contributed by atoms with E-state index in [0.717, 1.165) is 5.57 Å². The molecular weight excluding hydrogens is 350 g/mol. The van der Waals surface area contributed by atoms with Gasteiger partial charge in [-0.15, -0.1) is 11.3 Å². The Bertz CT molecular complexity index is 916. The predicted octanol–water partition coefficient (Wildman–Crippen LogP) is 3.81. The minimum Gasteiger partial charge on any atom is -0.422 e. The molecule has 2 aliphatic rings. The summed E-state index contributed by atoms with van der Waals surface area (Å²) in [6.45, 7) is 1.99. The van der Waals surface area contributed by atoms with E-state index < -0.39 is 5.97 Å². The van der Waals surface area contributed by atoms with Gasteiger partial charge in [0.25, 0.3) is 0 Å². The number of amides is 2. The van der Waals surface area contributed by atoms with Crippen LogP contribution in [0, 0.1) is 11.8 Å². The number of ether oxygens (including phenoxy) is 1. The standard InChI is InChI=1S/C20H17NO4S/c1-12-7-8-15-16(10-12)19(23)21(18(15)22)13-4-2-5-14(11-13)25-20(24)17-6-3-9-26-17/h2-7,9,11,15-16H,8,10H2,1H3/t15-,16-/m1/s1. The minimum absolute atomic E-state index is 0.172. The number of rotatable bonds is 3. The summed E-state index contributed by atoms with van der Waals surface area (Å²) < 4.78 is 5.38. The first-order chi connectivity index (χ1) is 12.5. The van der Waals surface area contributed by atoms with Gasteiger partial charge < -0.3 is 4.74 Å². The average molecular weight is 367 g/mol. The highest BCUT2D eigenvalue weighted by atomic mass is 32.1. The maximum Gasteiger partial charge on any atom is 0.353 e. The Hall–Kier alpha value is -2.73. The maximum absolute atomic E-state index is 12.8. The van der Waals surface area contributed by atoms with E-state index in [2.05, 4.69) is 0 Å². The zero-order chi connectivity index (χ0) is 18.3. The summed E-state index contributed by atoms with van der Waals surface area (Å²) in [5, 5.41) is 1.80. The Morgan fingerprint density at radius 2 is 1.96 bits per heavy atom. The predicted molar refractivity (Wildman–Crippen MR) is 98.2 cm³/mol. The second-order valence-corrected chi connectivity index (χ2v) is 7.53. The molecule has 2 atom stereocenters. The third-order valence-corrected chi connectivity index (χ3v) is 5.68. The Labute approximate surface area is 154 Å². The Morgan fingerprint density at radius 3 is 2.73 bits per heavy atom. The number of imide groups is 1. The third-order valence-electron chi connectivity index (χ3n) is 4.83. The topological polar surface area (TPSA) is 63.7 Å². The Kier molecular flexibility index (Phi) is 4.20. The SMILES string of the molecule is CC1=CC[C@H]2C(=O)N(c3cccc(OC(=O)c4cccs4)c3)C(=O)[C@@H]2C1. The van der Waals surface area contributed by atoms with Crippen LogP contribution >= 0.6 is 11.3 Å². The van der Waals surface area contributed by atoms with Crippen molar-refractivity contribution in [3.05, 3.63) is 58.3 Å². The molecule has 5 nitrogen and oxygen atoms in total. The molecule has 0 N–H and O–H groups in total. The Balaban J connectivity index is 1.58. The van der Waals surface area contributed by atoms with E-state index in [1.54, 1.807) is 41.8 Å². The van der Waals surface area contributed by atoms with Gasteiger partial charge in [-0.05, 0) is 43.3 Å². The van der Waals surface area contributed by atoms with Gasteiger partial charge in [-0.25, -0.2) is 9.69 Å². The molecule has 1 aromatic heterocycles. The van der Waals surface area contributed by atoms with Crippen molar-refractivity contribution in [3.8, 4) is 5.75 Å². The molecule has 2 amide bonds. The molecule has 0 unspecified atom stereocenters. The number of carbonyl (C=O) groups is 3. The van der Waals surface area contributed by atoms with Gasteiger partial charge in [0.1, 0.15) is 10.6 Å². The minimum atomic E-state index is -0.454. The number of nitrogens with zero attached hydrogens (tertiary/aromatic N) is 1. The smallest absolute Gasteiger partial charge is 0.353 e. The highest BCUT2D eigenvalue weighted by molar-refractivity contribution is 7.12. The van der Waals surface area contributed by atoms with Gasteiger partial charge >= 0.3 is 5.97 Å². The maximum atomic E-state index is 12.8. The molecular formula is C20H17NO4S. The van der Waals surface area contributed by atoms with Crippen molar-refractivity contribution >= 4 is 34.8 Å². The second-order valence-electron chi connectivity index (χ2n) is 6.58. The van der Waals surface area contributed by atoms with Crippen LogP contribution in [-0.2, 0) is 9.59 Å². The molecule has 1 saturated heterocycles. The zero-order valence-electron chi connectivity index (χ0n) is 14.2. The van der Waals surface area contributed by atoms with E-state index in [4.69, 9.17) is 4.74 Å². The van der Waals surface area contributed by atoms with E-state index in [9.17, 15) is 14.4 Å². The molecule has 0 radical (unpaired) electrons.